The second-order valence-corrected chi connectivity index (χ2v) is 6.04. The first-order valence-electron chi connectivity index (χ1n) is 8.87. The number of amidine groups is 1. The predicted octanol–water partition coefficient (Wildman–Crippen LogP) is 2.47. The van der Waals surface area contributed by atoms with Gasteiger partial charge in [0.15, 0.2) is 23.3 Å². The van der Waals surface area contributed by atoms with Crippen molar-refractivity contribution in [2.75, 3.05) is 19.5 Å². The maximum absolute atomic E-state index is 12.0. The summed E-state index contributed by atoms with van der Waals surface area (Å²) >= 11 is 0. The zero-order chi connectivity index (χ0) is 22.3. The number of carboxylic acids is 1. The Morgan fingerprint density at radius 1 is 1.10 bits per heavy atom. The number of hydrogen-bond donors (Lipinski definition) is 4. The number of anilines is 1. The molecule has 160 valence electrons. The van der Waals surface area contributed by atoms with Crippen molar-refractivity contribution in [2.24, 2.45) is 5.73 Å². The molecule has 0 saturated heterocycles. The first kappa shape index (κ1) is 22.3. The molecule has 0 aromatic heterocycles. The number of carbonyl (C=O) groups excluding carboxylic acids is 1. The lowest BCUT2D eigenvalue weighted by Gasteiger charge is -2.20. The highest BCUT2D eigenvalue weighted by molar-refractivity contribution is 5.95. The lowest BCUT2D eigenvalue weighted by Crippen LogP contribution is -2.22. The Kier molecular flexibility index (Phi) is 7.45. The van der Waals surface area contributed by atoms with Gasteiger partial charge in [-0.2, -0.15) is 0 Å². The molecular weight excluding hydrogens is 394 g/mol. The van der Waals surface area contributed by atoms with E-state index in [0.717, 1.165) is 0 Å². The fourth-order valence-electron chi connectivity index (χ4n) is 2.51. The lowest BCUT2D eigenvalue weighted by atomic mass is 10.0. The van der Waals surface area contributed by atoms with Crippen molar-refractivity contribution < 1.29 is 33.9 Å². The third-order valence-corrected chi connectivity index (χ3v) is 4.09. The zero-order valence-electron chi connectivity index (χ0n) is 16.7. The van der Waals surface area contributed by atoms with Crippen molar-refractivity contribution >= 4 is 23.5 Å². The number of carbonyl (C=O) groups is 2. The Balaban J connectivity index is 2.46. The highest BCUT2D eigenvalue weighted by Gasteiger charge is 2.27. The maximum atomic E-state index is 12.0. The van der Waals surface area contributed by atoms with E-state index in [4.69, 9.17) is 30.4 Å². The molecule has 0 spiro atoms. The average molecular weight is 417 g/mol. The summed E-state index contributed by atoms with van der Waals surface area (Å²) in [4.78, 5) is 33.4. The summed E-state index contributed by atoms with van der Waals surface area (Å²) in [5.74, 6) is -1.46. The van der Waals surface area contributed by atoms with Crippen LogP contribution in [0, 0.1) is 5.41 Å². The molecule has 10 heteroatoms. The first-order chi connectivity index (χ1) is 14.3. The van der Waals surface area contributed by atoms with Crippen LogP contribution in [-0.2, 0) is 14.5 Å². The first-order valence-corrected chi connectivity index (χ1v) is 8.87. The van der Waals surface area contributed by atoms with E-state index in [1.165, 1.54) is 26.4 Å². The number of ether oxygens (including phenoxy) is 2. The highest BCUT2D eigenvalue weighted by Crippen LogP contribution is 2.39. The normalized spacial score (nSPS) is 11.2. The van der Waals surface area contributed by atoms with Gasteiger partial charge in [-0.05, 0) is 30.3 Å². The smallest absolute Gasteiger partial charge is 0.355 e. The van der Waals surface area contributed by atoms with Crippen molar-refractivity contribution in [3.05, 3.63) is 47.5 Å². The molecule has 5 N–H and O–H groups in total. The molecule has 0 heterocycles. The van der Waals surface area contributed by atoms with Gasteiger partial charge in [-0.25, -0.2) is 9.59 Å². The molecule has 2 rings (SSSR count). The molecule has 0 bridgehead atoms. The van der Waals surface area contributed by atoms with Crippen LogP contribution in [0.1, 0.15) is 30.5 Å². The quantitative estimate of drug-likeness (QED) is 0.197. The second-order valence-electron chi connectivity index (χ2n) is 6.04. The molecule has 30 heavy (non-hydrogen) atoms. The van der Waals surface area contributed by atoms with Crippen LogP contribution >= 0.6 is 0 Å². The fourth-order valence-corrected chi connectivity index (χ4v) is 2.51. The molecule has 10 nitrogen and oxygen atoms in total. The van der Waals surface area contributed by atoms with Gasteiger partial charge in [0.1, 0.15) is 5.84 Å². The zero-order valence-corrected chi connectivity index (χ0v) is 16.7. The van der Waals surface area contributed by atoms with E-state index in [1.54, 1.807) is 31.2 Å². The van der Waals surface area contributed by atoms with Crippen molar-refractivity contribution in [1.29, 1.82) is 5.41 Å². The van der Waals surface area contributed by atoms with Gasteiger partial charge in [0.25, 0.3) is 0 Å². The van der Waals surface area contributed by atoms with Crippen LogP contribution in [0.3, 0.4) is 0 Å². The number of methoxy groups -OCH3 is 2. The summed E-state index contributed by atoms with van der Waals surface area (Å²) in [5.41, 5.74) is 6.53. The van der Waals surface area contributed by atoms with Crippen molar-refractivity contribution in [3.8, 4) is 17.2 Å². The Bertz CT molecular complexity index is 929. The molecule has 0 aliphatic carbocycles. The summed E-state index contributed by atoms with van der Waals surface area (Å²) in [6.07, 6.45) is 0.0751. The number of nitrogens with one attached hydrogen (secondary N) is 2. The van der Waals surface area contributed by atoms with E-state index in [9.17, 15) is 14.7 Å². The molecule has 2 aromatic carbocycles. The van der Waals surface area contributed by atoms with Crippen LogP contribution in [0.25, 0.3) is 0 Å². The maximum Gasteiger partial charge on any atom is 0.355 e. The van der Waals surface area contributed by atoms with E-state index in [2.05, 4.69) is 5.32 Å². The van der Waals surface area contributed by atoms with Crippen LogP contribution in [0.4, 0.5) is 5.69 Å². The fraction of sp³-hybridized carbons (Fsp3) is 0.250. The lowest BCUT2D eigenvalue weighted by molar-refractivity contribution is -0.213. The Morgan fingerprint density at radius 2 is 1.70 bits per heavy atom. The summed E-state index contributed by atoms with van der Waals surface area (Å²) < 4.78 is 10.5. The molecule has 0 fully saturated rings. The van der Waals surface area contributed by atoms with Gasteiger partial charge in [-0.3, -0.25) is 15.2 Å². The van der Waals surface area contributed by atoms with Gasteiger partial charge in [-0.1, -0.05) is 6.92 Å². The number of aliphatic carboxylic acids is 1. The van der Waals surface area contributed by atoms with Gasteiger partial charge in [0, 0.05) is 29.3 Å². The molecular formula is C20H23N3O7. The van der Waals surface area contributed by atoms with Gasteiger partial charge >= 0.3 is 11.9 Å². The largest absolute Gasteiger partial charge is 0.493 e. The summed E-state index contributed by atoms with van der Waals surface area (Å²) in [6.45, 7) is 1.59. The van der Waals surface area contributed by atoms with Gasteiger partial charge in [0.2, 0.25) is 0 Å². The average Bonchev–Trinajstić information content (AvgIpc) is 2.75. The number of nitrogen functional groups attached to an aromatic ring is 1. The van der Waals surface area contributed by atoms with Gasteiger partial charge < -0.3 is 25.6 Å². The van der Waals surface area contributed by atoms with Crippen molar-refractivity contribution in [3.63, 3.8) is 0 Å². The molecule has 0 radical (unpaired) electrons. The molecule has 0 aliphatic rings. The number of rotatable bonds is 10. The van der Waals surface area contributed by atoms with E-state index in [-0.39, 0.29) is 35.1 Å². The Morgan fingerprint density at radius 3 is 2.20 bits per heavy atom. The molecule has 0 unspecified atom stereocenters. The monoisotopic (exact) mass is 417 g/mol. The number of nitrogens with two attached hydrogens (primary N) is 1. The SMILES string of the molecule is CCC(=O)OOc1cc(OC)c(OC)cc1[C@@H](Nc1ccc(C(=N)N)cc1)C(=O)O. The minimum Gasteiger partial charge on any atom is -0.493 e. The van der Waals surface area contributed by atoms with E-state index in [0.29, 0.717) is 11.3 Å². The summed E-state index contributed by atoms with van der Waals surface area (Å²) in [6, 6.07) is 7.84. The molecule has 0 saturated carbocycles. The minimum absolute atomic E-state index is 0.0327. The predicted molar refractivity (Wildman–Crippen MR) is 108 cm³/mol. The molecule has 0 amide bonds. The topological polar surface area (TPSA) is 153 Å². The third kappa shape index (κ3) is 5.31. The standard InChI is InChI=1S/C20H23N3O7/c1-4-17(24)30-29-14-10-16(28-3)15(27-2)9-13(14)18(20(25)26)23-12-7-5-11(6-8-12)19(21)22/h5-10,18,23H,4H2,1-3H3,(H3,21,22)(H,25,26)/t18-/m1/s1. The van der Waals surface area contributed by atoms with Crippen LogP contribution in [0.2, 0.25) is 0 Å². The highest BCUT2D eigenvalue weighted by atomic mass is 17.2. The van der Waals surface area contributed by atoms with Crippen molar-refractivity contribution in [1.82, 2.24) is 0 Å². The van der Waals surface area contributed by atoms with E-state index in [1.807, 2.05) is 0 Å². The molecule has 1 atom stereocenters. The summed E-state index contributed by atoms with van der Waals surface area (Å²) in [5, 5.41) is 20.1. The summed E-state index contributed by atoms with van der Waals surface area (Å²) in [7, 11) is 2.81. The Hall–Kier alpha value is -3.95. The van der Waals surface area contributed by atoms with Crippen LogP contribution < -0.4 is 25.4 Å². The minimum atomic E-state index is -1.29. The number of hydrogen-bond acceptors (Lipinski definition) is 8. The van der Waals surface area contributed by atoms with E-state index >= 15 is 0 Å². The van der Waals surface area contributed by atoms with E-state index < -0.39 is 18.0 Å². The van der Waals surface area contributed by atoms with Crippen LogP contribution in [0.5, 0.6) is 17.2 Å². The number of carboxylic acid groups (broad SMARTS) is 1. The number of benzene rings is 2. The van der Waals surface area contributed by atoms with Crippen LogP contribution in [0.15, 0.2) is 36.4 Å². The van der Waals surface area contributed by atoms with Crippen LogP contribution in [-0.4, -0.2) is 37.1 Å². The molecule has 2 aromatic rings. The van der Waals surface area contributed by atoms with Crippen molar-refractivity contribution in [2.45, 2.75) is 19.4 Å². The second kappa shape index (κ2) is 10.0. The Labute approximate surface area is 172 Å². The third-order valence-electron chi connectivity index (χ3n) is 4.09. The van der Waals surface area contributed by atoms with Gasteiger partial charge in [-0.15, -0.1) is 0 Å². The van der Waals surface area contributed by atoms with Gasteiger partial charge in [0.05, 0.1) is 14.2 Å². The molecule has 0 aliphatic heterocycles.